The molecule has 0 unspecified atom stereocenters. The summed E-state index contributed by atoms with van der Waals surface area (Å²) < 4.78 is 0. The van der Waals surface area contributed by atoms with Gasteiger partial charge in [0.25, 0.3) is 0 Å². The van der Waals surface area contributed by atoms with Gasteiger partial charge in [-0.05, 0) is 34.6 Å². The second kappa shape index (κ2) is 4.86. The van der Waals surface area contributed by atoms with E-state index in [0.29, 0.717) is 6.04 Å². The molecule has 0 fully saturated rings. The van der Waals surface area contributed by atoms with E-state index < -0.39 is 0 Å². The Kier molecular flexibility index (Phi) is 4.47. The Labute approximate surface area is 81.2 Å². The highest BCUT2D eigenvalue weighted by Gasteiger charge is 2.03. The van der Waals surface area contributed by atoms with Crippen LogP contribution >= 0.6 is 0 Å². The first-order valence-electron chi connectivity index (χ1n) is 4.48. The molecule has 0 radical (unpaired) electrons. The number of hydrogen-bond donors (Lipinski definition) is 0. The third-order valence-corrected chi connectivity index (χ3v) is 1.41. The van der Waals surface area contributed by atoms with Crippen molar-refractivity contribution in [2.45, 2.75) is 40.7 Å². The molecule has 0 spiro atoms. The maximum absolute atomic E-state index is 3.91. The summed E-state index contributed by atoms with van der Waals surface area (Å²) in [7, 11) is 1.88. The predicted octanol–water partition coefficient (Wildman–Crippen LogP) is 2.70. The Morgan fingerprint density at radius 1 is 1.23 bits per heavy atom. The van der Waals surface area contributed by atoms with Crippen molar-refractivity contribution in [3.05, 3.63) is 0 Å². The molecule has 0 aliphatic rings. The average molecular weight is 181 g/mol. The van der Waals surface area contributed by atoms with Gasteiger partial charge in [-0.1, -0.05) is 16.3 Å². The zero-order valence-electron chi connectivity index (χ0n) is 9.42. The van der Waals surface area contributed by atoms with Gasteiger partial charge in [-0.3, -0.25) is 5.01 Å². The first kappa shape index (κ1) is 12.0. The topological polar surface area (TPSA) is 28.0 Å². The second-order valence-corrected chi connectivity index (χ2v) is 4.34. The standard InChI is InChI=1S/C10H19N3/c1-9(2)13(6)12-11-8-7-10(3,4)5/h9H,1-6H3/b12-11+. The third kappa shape index (κ3) is 7.32. The van der Waals surface area contributed by atoms with E-state index in [1.54, 1.807) is 5.01 Å². The minimum Gasteiger partial charge on any atom is -0.278 e. The molecular formula is C10H19N3. The van der Waals surface area contributed by atoms with Gasteiger partial charge in [-0.15, -0.1) is 0 Å². The van der Waals surface area contributed by atoms with E-state index in [4.69, 9.17) is 0 Å². The largest absolute Gasteiger partial charge is 0.278 e. The Morgan fingerprint density at radius 2 is 1.77 bits per heavy atom. The van der Waals surface area contributed by atoms with Crippen LogP contribution in [0.15, 0.2) is 10.3 Å². The van der Waals surface area contributed by atoms with Crippen molar-refractivity contribution in [1.82, 2.24) is 5.01 Å². The molecule has 0 aromatic heterocycles. The van der Waals surface area contributed by atoms with Gasteiger partial charge < -0.3 is 0 Å². The van der Waals surface area contributed by atoms with Crippen molar-refractivity contribution in [3.8, 4) is 12.0 Å². The van der Waals surface area contributed by atoms with E-state index >= 15 is 0 Å². The molecule has 0 rings (SSSR count). The molecule has 0 aliphatic heterocycles. The fourth-order valence-corrected chi connectivity index (χ4v) is 0.389. The molecule has 0 bridgehead atoms. The highest BCUT2D eigenvalue weighted by Crippen LogP contribution is 2.09. The minimum atomic E-state index is -0.00454. The molecule has 0 atom stereocenters. The zero-order valence-corrected chi connectivity index (χ0v) is 9.42. The number of hydrogen-bond acceptors (Lipinski definition) is 2. The van der Waals surface area contributed by atoms with Gasteiger partial charge in [0, 0.05) is 18.5 Å². The van der Waals surface area contributed by atoms with E-state index in [0.717, 1.165) is 0 Å². The summed E-state index contributed by atoms with van der Waals surface area (Å²) in [6.07, 6.45) is 0. The Hall–Kier alpha value is -1.04. The summed E-state index contributed by atoms with van der Waals surface area (Å²) in [4.78, 5) is 0. The lowest BCUT2D eigenvalue weighted by molar-refractivity contribution is 0.270. The van der Waals surface area contributed by atoms with Crippen LogP contribution in [0.2, 0.25) is 0 Å². The summed E-state index contributed by atoms with van der Waals surface area (Å²) in [5, 5.41) is 9.45. The molecule has 0 saturated carbocycles. The number of rotatable bonds is 2. The highest BCUT2D eigenvalue weighted by molar-refractivity contribution is 5.05. The van der Waals surface area contributed by atoms with E-state index in [9.17, 15) is 0 Å². The Bertz CT molecular complexity index is 225. The van der Waals surface area contributed by atoms with Gasteiger partial charge in [-0.2, -0.15) is 0 Å². The van der Waals surface area contributed by atoms with Gasteiger partial charge in [0.1, 0.15) is 0 Å². The van der Waals surface area contributed by atoms with Crippen LogP contribution in [0.1, 0.15) is 34.6 Å². The SMILES string of the molecule is CC(C)N(C)/N=N/C#CC(C)(C)C. The van der Waals surface area contributed by atoms with Gasteiger partial charge in [0.05, 0.1) is 6.04 Å². The molecule has 0 N–H and O–H groups in total. The lowest BCUT2D eigenvalue weighted by Crippen LogP contribution is -2.19. The summed E-state index contributed by atoms with van der Waals surface area (Å²) in [5.41, 5.74) is -0.00454. The zero-order chi connectivity index (χ0) is 10.5. The molecule has 0 aliphatic carbocycles. The maximum atomic E-state index is 3.91. The molecule has 3 nitrogen and oxygen atoms in total. The first-order chi connectivity index (χ1) is 5.83. The van der Waals surface area contributed by atoms with Crippen LogP contribution in [-0.2, 0) is 0 Å². The molecule has 0 saturated heterocycles. The summed E-state index contributed by atoms with van der Waals surface area (Å²) in [6, 6.07) is 3.04. The molecule has 0 aromatic rings. The van der Waals surface area contributed by atoms with E-state index in [2.05, 4.69) is 36.1 Å². The van der Waals surface area contributed by atoms with Crippen LogP contribution in [0.25, 0.3) is 0 Å². The van der Waals surface area contributed by atoms with Crippen LogP contribution in [0.4, 0.5) is 0 Å². The van der Waals surface area contributed by atoms with Crippen LogP contribution < -0.4 is 0 Å². The first-order valence-corrected chi connectivity index (χ1v) is 4.48. The van der Waals surface area contributed by atoms with E-state index in [1.165, 1.54) is 0 Å². The van der Waals surface area contributed by atoms with Crippen LogP contribution in [-0.4, -0.2) is 18.1 Å². The normalized spacial score (nSPS) is 11.6. The van der Waals surface area contributed by atoms with Crippen LogP contribution in [0, 0.1) is 17.4 Å². The number of nitrogens with zero attached hydrogens (tertiary/aromatic N) is 3. The van der Waals surface area contributed by atoms with Crippen molar-refractivity contribution < 1.29 is 0 Å². The Balaban J connectivity index is 4.06. The minimum absolute atomic E-state index is 0.00454. The monoisotopic (exact) mass is 181 g/mol. The lowest BCUT2D eigenvalue weighted by Gasteiger charge is -2.13. The fourth-order valence-electron chi connectivity index (χ4n) is 0.389. The van der Waals surface area contributed by atoms with Gasteiger partial charge >= 0.3 is 0 Å². The van der Waals surface area contributed by atoms with Crippen LogP contribution in [0.5, 0.6) is 0 Å². The van der Waals surface area contributed by atoms with Crippen molar-refractivity contribution in [3.63, 3.8) is 0 Å². The molecule has 3 heteroatoms. The molecule has 74 valence electrons. The molecule has 13 heavy (non-hydrogen) atoms. The summed E-state index contributed by atoms with van der Waals surface area (Å²) >= 11 is 0. The average Bonchev–Trinajstić information content (AvgIpc) is 1.95. The van der Waals surface area contributed by atoms with Crippen molar-refractivity contribution >= 4 is 0 Å². The molecular weight excluding hydrogens is 162 g/mol. The predicted molar refractivity (Wildman–Crippen MR) is 55.0 cm³/mol. The maximum Gasteiger partial charge on any atom is 0.0599 e. The smallest absolute Gasteiger partial charge is 0.0599 e. The van der Waals surface area contributed by atoms with Crippen LogP contribution in [0.3, 0.4) is 0 Å². The van der Waals surface area contributed by atoms with Crippen molar-refractivity contribution in [1.29, 1.82) is 0 Å². The summed E-state index contributed by atoms with van der Waals surface area (Å²) in [6.45, 7) is 10.2. The van der Waals surface area contributed by atoms with E-state index in [1.807, 2.05) is 27.8 Å². The molecule has 0 heterocycles. The van der Waals surface area contributed by atoms with Gasteiger partial charge in [-0.25, -0.2) is 0 Å². The fraction of sp³-hybridized carbons (Fsp3) is 0.800. The lowest BCUT2D eigenvalue weighted by atomic mass is 9.99. The van der Waals surface area contributed by atoms with Crippen molar-refractivity contribution in [2.24, 2.45) is 15.8 Å². The Morgan fingerprint density at radius 3 is 2.15 bits per heavy atom. The second-order valence-electron chi connectivity index (χ2n) is 4.34. The third-order valence-electron chi connectivity index (χ3n) is 1.41. The van der Waals surface area contributed by atoms with E-state index in [-0.39, 0.29) is 5.41 Å². The molecule has 0 aromatic carbocycles. The summed E-state index contributed by atoms with van der Waals surface area (Å²) in [5.74, 6) is 2.98. The quantitative estimate of drug-likeness (QED) is 0.365. The van der Waals surface area contributed by atoms with Crippen molar-refractivity contribution in [2.75, 3.05) is 7.05 Å². The molecule has 0 amide bonds. The van der Waals surface area contributed by atoms with Gasteiger partial charge in [0.15, 0.2) is 0 Å². The highest BCUT2D eigenvalue weighted by atomic mass is 15.5. The van der Waals surface area contributed by atoms with Gasteiger partial charge in [0.2, 0.25) is 0 Å².